The summed E-state index contributed by atoms with van der Waals surface area (Å²) in [7, 11) is 0. The Morgan fingerprint density at radius 1 is 1.14 bits per heavy atom. The highest BCUT2D eigenvalue weighted by atomic mass is 32.1. The number of hydrogen-bond donors (Lipinski definition) is 1. The molecule has 0 saturated carbocycles. The third kappa shape index (κ3) is 2.75. The van der Waals surface area contributed by atoms with Gasteiger partial charge >= 0.3 is 6.36 Å². The number of phenolic OH excluding ortho intramolecular Hbond substituents is 1. The molecule has 8 heteroatoms. The number of phenols is 1. The van der Waals surface area contributed by atoms with Crippen LogP contribution in [0.1, 0.15) is 0 Å². The highest BCUT2D eigenvalue weighted by molar-refractivity contribution is 7.16. The maximum Gasteiger partial charge on any atom is 0.573 e. The van der Waals surface area contributed by atoms with E-state index in [1.807, 2.05) is 5.38 Å². The average molecular weight is 312 g/mol. The fourth-order valence-electron chi connectivity index (χ4n) is 1.89. The molecule has 0 fully saturated rings. The first kappa shape index (κ1) is 13.6. The van der Waals surface area contributed by atoms with Crippen LogP contribution in [-0.4, -0.2) is 21.4 Å². The normalized spacial score (nSPS) is 11.8. The van der Waals surface area contributed by atoms with E-state index in [4.69, 9.17) is 0 Å². The molecule has 108 valence electrons. The standard InChI is InChI=1S/C13H7F3N2O2S/c14-13(15,16)20-10-5-7(1-2-9(10)19)11-8-3-4-21-12(8)18-6-17-11/h1-6,19H. The number of halogens is 3. The van der Waals surface area contributed by atoms with E-state index in [0.717, 1.165) is 22.3 Å². The molecule has 0 atom stereocenters. The number of rotatable bonds is 2. The van der Waals surface area contributed by atoms with Gasteiger partial charge in [-0.2, -0.15) is 0 Å². The molecule has 0 bridgehead atoms. The van der Waals surface area contributed by atoms with E-state index in [1.165, 1.54) is 23.7 Å². The summed E-state index contributed by atoms with van der Waals surface area (Å²) in [5, 5.41) is 12.0. The number of aromatic nitrogens is 2. The number of fused-ring (bicyclic) bond motifs is 1. The van der Waals surface area contributed by atoms with E-state index in [1.54, 1.807) is 6.07 Å². The van der Waals surface area contributed by atoms with Gasteiger partial charge in [0.1, 0.15) is 11.2 Å². The predicted octanol–water partition coefficient (Wildman–Crippen LogP) is 3.96. The third-order valence-electron chi connectivity index (χ3n) is 2.72. The molecule has 1 N–H and O–H groups in total. The molecule has 21 heavy (non-hydrogen) atoms. The summed E-state index contributed by atoms with van der Waals surface area (Å²) in [5.74, 6) is -1.26. The van der Waals surface area contributed by atoms with Crippen LogP contribution in [0, 0.1) is 0 Å². The first-order valence-electron chi connectivity index (χ1n) is 5.71. The van der Waals surface area contributed by atoms with Gasteiger partial charge in [0, 0.05) is 10.9 Å². The number of aromatic hydroxyl groups is 1. The number of alkyl halides is 3. The molecule has 2 heterocycles. The van der Waals surface area contributed by atoms with Gasteiger partial charge in [0.15, 0.2) is 11.5 Å². The van der Waals surface area contributed by atoms with Crippen molar-refractivity contribution in [3.8, 4) is 22.8 Å². The molecule has 3 aromatic rings. The number of thiophene rings is 1. The van der Waals surface area contributed by atoms with E-state index >= 15 is 0 Å². The van der Waals surface area contributed by atoms with Crippen molar-refractivity contribution in [3.63, 3.8) is 0 Å². The second-order valence-corrected chi connectivity index (χ2v) is 4.99. The van der Waals surface area contributed by atoms with Crippen LogP contribution < -0.4 is 4.74 Å². The van der Waals surface area contributed by atoms with Gasteiger partial charge in [0.05, 0.1) is 5.69 Å². The second kappa shape index (κ2) is 4.88. The maximum atomic E-state index is 12.3. The van der Waals surface area contributed by atoms with E-state index < -0.39 is 17.9 Å². The molecule has 0 radical (unpaired) electrons. The van der Waals surface area contributed by atoms with Crippen molar-refractivity contribution in [2.75, 3.05) is 0 Å². The van der Waals surface area contributed by atoms with Crippen LogP contribution >= 0.6 is 11.3 Å². The second-order valence-electron chi connectivity index (χ2n) is 4.09. The summed E-state index contributed by atoms with van der Waals surface area (Å²) in [5.41, 5.74) is 0.881. The third-order valence-corrected chi connectivity index (χ3v) is 3.54. The van der Waals surface area contributed by atoms with E-state index in [2.05, 4.69) is 14.7 Å². The summed E-state index contributed by atoms with van der Waals surface area (Å²) >= 11 is 1.40. The number of hydrogen-bond acceptors (Lipinski definition) is 5. The summed E-state index contributed by atoms with van der Waals surface area (Å²) in [6.07, 6.45) is -3.54. The number of nitrogens with zero attached hydrogens (tertiary/aromatic N) is 2. The zero-order valence-electron chi connectivity index (χ0n) is 10.3. The minimum atomic E-state index is -4.88. The lowest BCUT2D eigenvalue weighted by molar-refractivity contribution is -0.275. The maximum absolute atomic E-state index is 12.3. The Kier molecular flexibility index (Phi) is 3.17. The van der Waals surface area contributed by atoms with Crippen molar-refractivity contribution in [1.82, 2.24) is 9.97 Å². The van der Waals surface area contributed by atoms with Crippen molar-refractivity contribution >= 4 is 21.6 Å². The first-order chi connectivity index (χ1) is 9.94. The Morgan fingerprint density at radius 3 is 2.71 bits per heavy atom. The Labute approximate surface area is 120 Å². The van der Waals surface area contributed by atoms with Gasteiger partial charge in [-0.05, 0) is 29.6 Å². The molecule has 0 aliphatic heterocycles. The number of ether oxygens (including phenoxy) is 1. The molecule has 3 rings (SSSR count). The fourth-order valence-corrected chi connectivity index (χ4v) is 2.62. The molecule has 0 amide bonds. The van der Waals surface area contributed by atoms with Gasteiger partial charge in [-0.3, -0.25) is 0 Å². The highest BCUT2D eigenvalue weighted by Crippen LogP contribution is 2.36. The Hall–Kier alpha value is -2.35. The van der Waals surface area contributed by atoms with Gasteiger partial charge in [-0.15, -0.1) is 24.5 Å². The minimum absolute atomic E-state index is 0.401. The van der Waals surface area contributed by atoms with Gasteiger partial charge in [0.2, 0.25) is 0 Å². The van der Waals surface area contributed by atoms with Crippen LogP contribution in [0.5, 0.6) is 11.5 Å². The summed E-state index contributed by atoms with van der Waals surface area (Å²) in [6.45, 7) is 0. The summed E-state index contributed by atoms with van der Waals surface area (Å²) in [4.78, 5) is 8.90. The molecule has 0 spiro atoms. The predicted molar refractivity (Wildman–Crippen MR) is 71.2 cm³/mol. The first-order valence-corrected chi connectivity index (χ1v) is 6.59. The Morgan fingerprint density at radius 2 is 1.95 bits per heavy atom. The largest absolute Gasteiger partial charge is 0.573 e. The average Bonchev–Trinajstić information content (AvgIpc) is 2.88. The zero-order valence-corrected chi connectivity index (χ0v) is 11.1. The quantitative estimate of drug-likeness (QED) is 0.778. The van der Waals surface area contributed by atoms with Crippen molar-refractivity contribution in [1.29, 1.82) is 0 Å². The van der Waals surface area contributed by atoms with Crippen molar-refractivity contribution in [2.45, 2.75) is 6.36 Å². The SMILES string of the molecule is Oc1ccc(-c2ncnc3sccc23)cc1OC(F)(F)F. The topological polar surface area (TPSA) is 55.2 Å². The molecule has 0 saturated heterocycles. The Bertz CT molecular complexity index is 801. The summed E-state index contributed by atoms with van der Waals surface area (Å²) in [6, 6.07) is 5.49. The van der Waals surface area contributed by atoms with Crippen LogP contribution in [-0.2, 0) is 0 Å². The van der Waals surface area contributed by atoms with Gasteiger partial charge < -0.3 is 9.84 Å². The van der Waals surface area contributed by atoms with E-state index in [0.29, 0.717) is 11.3 Å². The lowest BCUT2D eigenvalue weighted by Gasteiger charge is -2.11. The molecule has 1 aromatic carbocycles. The minimum Gasteiger partial charge on any atom is -0.504 e. The highest BCUT2D eigenvalue weighted by Gasteiger charge is 2.32. The van der Waals surface area contributed by atoms with Gasteiger partial charge in [0.25, 0.3) is 0 Å². The van der Waals surface area contributed by atoms with Crippen LogP contribution in [0.15, 0.2) is 36.0 Å². The molecular formula is C13H7F3N2O2S. The molecule has 4 nitrogen and oxygen atoms in total. The van der Waals surface area contributed by atoms with Crippen LogP contribution in [0.25, 0.3) is 21.5 Å². The smallest absolute Gasteiger partial charge is 0.504 e. The lowest BCUT2D eigenvalue weighted by atomic mass is 10.1. The molecule has 2 aromatic heterocycles. The summed E-state index contributed by atoms with van der Waals surface area (Å²) < 4.78 is 40.7. The van der Waals surface area contributed by atoms with Crippen LogP contribution in [0.3, 0.4) is 0 Å². The monoisotopic (exact) mass is 312 g/mol. The van der Waals surface area contributed by atoms with Crippen molar-refractivity contribution < 1.29 is 23.0 Å². The van der Waals surface area contributed by atoms with Crippen molar-refractivity contribution in [3.05, 3.63) is 36.0 Å². The molecule has 0 aliphatic rings. The van der Waals surface area contributed by atoms with Crippen LogP contribution in [0.4, 0.5) is 13.2 Å². The molecule has 0 unspecified atom stereocenters. The zero-order chi connectivity index (χ0) is 15.0. The van der Waals surface area contributed by atoms with Crippen LogP contribution in [0.2, 0.25) is 0 Å². The molecule has 0 aliphatic carbocycles. The lowest BCUT2D eigenvalue weighted by Crippen LogP contribution is -2.17. The van der Waals surface area contributed by atoms with E-state index in [-0.39, 0.29) is 0 Å². The fraction of sp³-hybridized carbons (Fsp3) is 0.0769. The van der Waals surface area contributed by atoms with Crippen molar-refractivity contribution in [2.24, 2.45) is 0 Å². The molecular weight excluding hydrogens is 305 g/mol. The van der Waals surface area contributed by atoms with E-state index in [9.17, 15) is 18.3 Å². The Balaban J connectivity index is 2.11. The van der Waals surface area contributed by atoms with Gasteiger partial charge in [-0.1, -0.05) is 0 Å². The number of benzene rings is 1. The van der Waals surface area contributed by atoms with Gasteiger partial charge in [-0.25, -0.2) is 9.97 Å².